The van der Waals surface area contributed by atoms with E-state index in [1.807, 2.05) is 42.5 Å². The van der Waals surface area contributed by atoms with Crippen molar-refractivity contribution >= 4 is 5.91 Å². The number of aliphatic hydroxyl groups is 1. The molecule has 5 atom stereocenters. The van der Waals surface area contributed by atoms with Gasteiger partial charge >= 0.3 is 0 Å². The summed E-state index contributed by atoms with van der Waals surface area (Å²) < 4.78 is 0. The number of aliphatic hydroxyl groups excluding tert-OH is 1. The van der Waals surface area contributed by atoms with Crippen LogP contribution in [0, 0.1) is 30.1 Å². The first-order chi connectivity index (χ1) is 20.8. The van der Waals surface area contributed by atoms with Crippen molar-refractivity contribution < 1.29 is 15.0 Å². The summed E-state index contributed by atoms with van der Waals surface area (Å²) in [6.07, 6.45) is 7.38. The molecule has 1 aromatic heterocycles. The molecule has 224 valence electrons. The number of aryl methyl sites for hydroxylation is 1. The van der Waals surface area contributed by atoms with Gasteiger partial charge in [-0.2, -0.15) is 0 Å². The maximum Gasteiger partial charge on any atom is 0.261 e. The van der Waals surface area contributed by atoms with E-state index in [-0.39, 0.29) is 27.7 Å². The number of phenolic OH excluding ortho intramolecular Hbond substituents is 1. The first kappa shape index (κ1) is 27.2. The van der Waals surface area contributed by atoms with Crippen molar-refractivity contribution in [2.24, 2.45) is 23.2 Å². The van der Waals surface area contributed by atoms with Gasteiger partial charge in [-0.3, -0.25) is 9.59 Å². The molecule has 3 saturated carbocycles. The molecule has 1 heterocycles. The number of H-pyrrole nitrogens is 1. The summed E-state index contributed by atoms with van der Waals surface area (Å²) in [4.78, 5) is 30.2. The lowest BCUT2D eigenvalue weighted by Gasteiger charge is -2.43. The minimum absolute atomic E-state index is 0.113. The Bertz CT molecular complexity index is 1670. The summed E-state index contributed by atoms with van der Waals surface area (Å²) in [5, 5.41) is 28.1. The third kappa shape index (κ3) is 4.38. The largest absolute Gasteiger partial charge is 0.508 e. The summed E-state index contributed by atoms with van der Waals surface area (Å²) >= 11 is 0. The molecule has 0 radical (unpaired) electrons. The number of carbonyl (C=O) groups is 1. The van der Waals surface area contributed by atoms with E-state index in [0.717, 1.165) is 54.2 Å². The van der Waals surface area contributed by atoms with Gasteiger partial charge in [-0.15, -0.1) is 0 Å². The molecule has 1 amide bonds. The van der Waals surface area contributed by atoms with Gasteiger partial charge in [0.15, 0.2) is 0 Å². The molecule has 43 heavy (non-hydrogen) atoms. The van der Waals surface area contributed by atoms with Gasteiger partial charge in [0.1, 0.15) is 11.3 Å². The molecule has 5 N–H and O–H groups in total. The molecule has 3 fully saturated rings. The van der Waals surface area contributed by atoms with Crippen LogP contribution in [-0.2, 0) is 24.7 Å². The Morgan fingerprint density at radius 1 is 1.05 bits per heavy atom. The van der Waals surface area contributed by atoms with Crippen molar-refractivity contribution in [1.29, 1.82) is 0 Å². The quantitative estimate of drug-likeness (QED) is 0.288. The minimum atomic E-state index is -0.720. The number of benzene rings is 2. The number of fused-ring (bicyclic) bond motifs is 4. The third-order valence-electron chi connectivity index (χ3n) is 11.8. The standard InChI is InChI=1S/C36H41N3O4/c1-20-6-9-25(40)15-28(20)36-16-24(19-37-18-21-7-8-21)35(10-11-35)31(36)14-23-12-27(33(42)38-29(23)17-36)34(43)39-32-26-5-3-2-4-22(26)13-30(32)41/h2-6,9,12,15,21,24,30-32,37,40-41H,7-8,10-11,13-14,16-19H2,1H3,(H,38,42)(H,39,43)/t24?,30-,31?,32?,36+/m0/s1. The van der Waals surface area contributed by atoms with Crippen LogP contribution in [0.5, 0.6) is 5.75 Å². The summed E-state index contributed by atoms with van der Waals surface area (Å²) in [7, 11) is 0. The van der Waals surface area contributed by atoms with Crippen molar-refractivity contribution in [3.8, 4) is 5.75 Å². The summed E-state index contributed by atoms with van der Waals surface area (Å²) in [5.41, 5.74) is 6.07. The van der Waals surface area contributed by atoms with Crippen LogP contribution in [0.25, 0.3) is 0 Å². The van der Waals surface area contributed by atoms with Gasteiger partial charge in [0.05, 0.1) is 12.1 Å². The number of hydrogen-bond acceptors (Lipinski definition) is 5. The van der Waals surface area contributed by atoms with Gasteiger partial charge in [-0.1, -0.05) is 30.3 Å². The van der Waals surface area contributed by atoms with E-state index in [9.17, 15) is 19.8 Å². The molecular weight excluding hydrogens is 538 g/mol. The molecule has 7 heteroatoms. The molecular formula is C36H41N3O4. The van der Waals surface area contributed by atoms with Crippen molar-refractivity contribution in [3.05, 3.63) is 98.0 Å². The van der Waals surface area contributed by atoms with Gasteiger partial charge in [-0.05, 0) is 134 Å². The number of rotatable bonds is 7. The van der Waals surface area contributed by atoms with Gasteiger partial charge in [0.2, 0.25) is 0 Å². The van der Waals surface area contributed by atoms with Crippen LogP contribution in [0.2, 0.25) is 0 Å². The van der Waals surface area contributed by atoms with Crippen LogP contribution in [-0.4, -0.2) is 40.3 Å². The topological polar surface area (TPSA) is 114 Å². The maximum atomic E-state index is 13.5. The highest BCUT2D eigenvalue weighted by molar-refractivity contribution is 5.94. The van der Waals surface area contributed by atoms with Crippen LogP contribution < -0.4 is 16.2 Å². The number of hydrogen-bond donors (Lipinski definition) is 5. The zero-order valence-electron chi connectivity index (χ0n) is 24.8. The first-order valence-corrected chi connectivity index (χ1v) is 16.1. The highest BCUT2D eigenvalue weighted by Crippen LogP contribution is 2.72. The lowest BCUT2D eigenvalue weighted by Crippen LogP contribution is -2.43. The van der Waals surface area contributed by atoms with Crippen LogP contribution >= 0.6 is 0 Å². The van der Waals surface area contributed by atoms with Crippen molar-refractivity contribution in [2.75, 3.05) is 13.1 Å². The lowest BCUT2D eigenvalue weighted by atomic mass is 9.60. The Labute approximate surface area is 252 Å². The van der Waals surface area contributed by atoms with E-state index in [0.29, 0.717) is 24.7 Å². The fourth-order valence-corrected chi connectivity index (χ4v) is 9.34. The first-order valence-electron chi connectivity index (χ1n) is 16.1. The third-order valence-corrected chi connectivity index (χ3v) is 11.8. The molecule has 5 aliphatic carbocycles. The Kier molecular flexibility index (Phi) is 6.19. The highest BCUT2D eigenvalue weighted by Gasteiger charge is 2.68. The highest BCUT2D eigenvalue weighted by atomic mass is 16.3. The van der Waals surface area contributed by atoms with Gasteiger partial charge in [0, 0.05) is 17.5 Å². The van der Waals surface area contributed by atoms with E-state index in [4.69, 9.17) is 0 Å². The Balaban J connectivity index is 1.14. The zero-order chi connectivity index (χ0) is 29.5. The molecule has 0 bridgehead atoms. The fraction of sp³-hybridized carbons (Fsp3) is 0.500. The number of pyridine rings is 1. The van der Waals surface area contributed by atoms with Crippen molar-refractivity contribution in [1.82, 2.24) is 15.6 Å². The van der Waals surface area contributed by atoms with Crippen molar-refractivity contribution in [3.63, 3.8) is 0 Å². The second-order valence-electron chi connectivity index (χ2n) is 14.3. The van der Waals surface area contributed by atoms with Gasteiger partial charge in [0.25, 0.3) is 11.5 Å². The number of carbonyl (C=O) groups excluding carboxylic acids is 1. The number of aromatic amines is 1. The molecule has 3 aromatic rings. The molecule has 0 saturated heterocycles. The monoisotopic (exact) mass is 579 g/mol. The lowest BCUT2D eigenvalue weighted by molar-refractivity contribution is 0.0856. The van der Waals surface area contributed by atoms with E-state index in [2.05, 4.69) is 22.5 Å². The molecule has 0 aliphatic heterocycles. The predicted molar refractivity (Wildman–Crippen MR) is 164 cm³/mol. The van der Waals surface area contributed by atoms with Gasteiger partial charge in [-0.25, -0.2) is 0 Å². The molecule has 2 aromatic carbocycles. The zero-order valence-corrected chi connectivity index (χ0v) is 24.8. The Morgan fingerprint density at radius 3 is 2.65 bits per heavy atom. The number of phenols is 1. The average molecular weight is 580 g/mol. The Morgan fingerprint density at radius 2 is 1.86 bits per heavy atom. The van der Waals surface area contributed by atoms with E-state index in [1.54, 1.807) is 6.07 Å². The van der Waals surface area contributed by atoms with E-state index in [1.165, 1.54) is 36.8 Å². The second kappa shape index (κ2) is 9.80. The smallest absolute Gasteiger partial charge is 0.261 e. The number of aromatic hydroxyl groups is 1. The Hall–Kier alpha value is -3.42. The molecule has 8 rings (SSSR count). The SMILES string of the molecule is Cc1ccc(O)cc1[C@@]12Cc3[nH]c(=O)c(C(=O)NC4c5ccccc5C[C@@H]4O)cc3CC1C1(CC1)C(CNCC1CC1)C2. The van der Waals surface area contributed by atoms with E-state index < -0.39 is 18.1 Å². The summed E-state index contributed by atoms with van der Waals surface area (Å²) in [6.45, 7) is 4.25. The van der Waals surface area contributed by atoms with E-state index >= 15 is 0 Å². The second-order valence-corrected chi connectivity index (χ2v) is 14.3. The van der Waals surface area contributed by atoms with Crippen LogP contribution in [0.4, 0.5) is 0 Å². The summed E-state index contributed by atoms with van der Waals surface area (Å²) in [6, 6.07) is 14.8. The minimum Gasteiger partial charge on any atom is -0.508 e. The molecule has 7 nitrogen and oxygen atoms in total. The molecule has 3 unspecified atom stereocenters. The molecule has 1 spiro atoms. The predicted octanol–water partition coefficient (Wildman–Crippen LogP) is 4.23. The fourth-order valence-electron chi connectivity index (χ4n) is 9.34. The maximum absolute atomic E-state index is 13.5. The molecule has 5 aliphatic rings. The van der Waals surface area contributed by atoms with Crippen molar-refractivity contribution in [2.45, 2.75) is 75.9 Å². The van der Waals surface area contributed by atoms with Crippen LogP contribution in [0.1, 0.15) is 82.0 Å². The number of nitrogens with one attached hydrogen (secondary N) is 3. The number of aromatic nitrogens is 1. The normalized spacial score (nSPS) is 29.6. The van der Waals surface area contributed by atoms with Crippen LogP contribution in [0.15, 0.2) is 53.3 Å². The average Bonchev–Trinajstić information content (AvgIpc) is 3.91. The van der Waals surface area contributed by atoms with Crippen LogP contribution in [0.3, 0.4) is 0 Å². The number of amides is 1. The summed E-state index contributed by atoms with van der Waals surface area (Å²) in [5.74, 6) is 1.58. The van der Waals surface area contributed by atoms with Gasteiger partial charge < -0.3 is 25.8 Å².